The Morgan fingerprint density at radius 2 is 1.73 bits per heavy atom. The molecule has 1 atom stereocenters. The molecule has 0 saturated carbocycles. The molecule has 0 aromatic heterocycles. The van der Waals surface area contributed by atoms with Gasteiger partial charge in [-0.1, -0.05) is 34.7 Å². The van der Waals surface area contributed by atoms with Crippen LogP contribution in [0.15, 0.2) is 34.7 Å². The third kappa shape index (κ3) is 3.68. The SMILES string of the molecule is C/C(=N/[S+]([O-])C(C)(C)C)c1ccccc1. The quantitative estimate of drug-likeness (QED) is 0.561. The van der Waals surface area contributed by atoms with Gasteiger partial charge in [-0.05, 0) is 27.7 Å². The standard InChI is InChI=1S/C12H17NOS/c1-10(11-8-6-5-7-9-11)13-15(14)12(2,3)4/h5-9H,1-4H3/b13-10-. The first-order valence-electron chi connectivity index (χ1n) is 4.94. The van der Waals surface area contributed by atoms with Gasteiger partial charge >= 0.3 is 0 Å². The molecule has 0 N–H and O–H groups in total. The molecule has 0 radical (unpaired) electrons. The third-order valence-corrected chi connectivity index (χ3v) is 3.42. The van der Waals surface area contributed by atoms with E-state index in [0.717, 1.165) is 11.3 Å². The highest BCUT2D eigenvalue weighted by Crippen LogP contribution is 2.18. The van der Waals surface area contributed by atoms with E-state index in [9.17, 15) is 4.55 Å². The van der Waals surface area contributed by atoms with E-state index in [1.165, 1.54) is 0 Å². The van der Waals surface area contributed by atoms with Gasteiger partial charge in [-0.3, -0.25) is 0 Å². The van der Waals surface area contributed by atoms with E-state index in [-0.39, 0.29) is 4.75 Å². The second kappa shape index (κ2) is 4.81. The lowest BCUT2D eigenvalue weighted by Gasteiger charge is -2.18. The Bertz CT molecular complexity index is 340. The first kappa shape index (κ1) is 12.3. The molecule has 3 heteroatoms. The van der Waals surface area contributed by atoms with Crippen molar-refractivity contribution in [2.75, 3.05) is 0 Å². The normalized spacial score (nSPS) is 15.1. The Labute approximate surface area is 94.7 Å². The summed E-state index contributed by atoms with van der Waals surface area (Å²) in [5.41, 5.74) is 1.85. The Morgan fingerprint density at radius 1 is 1.20 bits per heavy atom. The van der Waals surface area contributed by atoms with E-state index >= 15 is 0 Å². The average Bonchev–Trinajstić information content (AvgIpc) is 2.17. The number of hydrogen-bond acceptors (Lipinski definition) is 2. The molecule has 1 aromatic carbocycles. The van der Waals surface area contributed by atoms with Gasteiger partial charge in [0.05, 0.1) is 5.71 Å². The summed E-state index contributed by atoms with van der Waals surface area (Å²) in [5.74, 6) is 0. The van der Waals surface area contributed by atoms with Crippen molar-refractivity contribution in [2.45, 2.75) is 32.4 Å². The molecule has 0 spiro atoms. The molecule has 15 heavy (non-hydrogen) atoms. The van der Waals surface area contributed by atoms with Gasteiger partial charge in [0.15, 0.2) is 0 Å². The fraction of sp³-hybridized carbons (Fsp3) is 0.417. The highest BCUT2D eigenvalue weighted by atomic mass is 32.2. The predicted molar refractivity (Wildman–Crippen MR) is 66.5 cm³/mol. The van der Waals surface area contributed by atoms with Crippen LogP contribution in [-0.4, -0.2) is 15.0 Å². The van der Waals surface area contributed by atoms with Gasteiger partial charge in [0, 0.05) is 5.56 Å². The molecule has 1 aromatic rings. The first-order chi connectivity index (χ1) is 6.91. The molecule has 0 aliphatic carbocycles. The van der Waals surface area contributed by atoms with Crippen molar-refractivity contribution in [1.82, 2.24) is 0 Å². The molecular weight excluding hydrogens is 206 g/mol. The maximum Gasteiger partial charge on any atom is 0.144 e. The van der Waals surface area contributed by atoms with Gasteiger partial charge in [0.2, 0.25) is 0 Å². The van der Waals surface area contributed by atoms with Crippen LogP contribution < -0.4 is 0 Å². The zero-order valence-electron chi connectivity index (χ0n) is 9.65. The second-order valence-electron chi connectivity index (χ2n) is 4.40. The third-order valence-electron chi connectivity index (χ3n) is 1.94. The monoisotopic (exact) mass is 223 g/mol. The van der Waals surface area contributed by atoms with Crippen LogP contribution in [0.1, 0.15) is 33.3 Å². The zero-order valence-corrected chi connectivity index (χ0v) is 10.5. The van der Waals surface area contributed by atoms with Crippen LogP contribution >= 0.6 is 0 Å². The van der Waals surface area contributed by atoms with Crippen LogP contribution in [0, 0.1) is 0 Å². The van der Waals surface area contributed by atoms with Gasteiger partial charge in [-0.25, -0.2) is 0 Å². The van der Waals surface area contributed by atoms with E-state index in [0.29, 0.717) is 0 Å². The van der Waals surface area contributed by atoms with E-state index in [4.69, 9.17) is 0 Å². The van der Waals surface area contributed by atoms with Crippen LogP contribution in [0.3, 0.4) is 0 Å². The summed E-state index contributed by atoms with van der Waals surface area (Å²) < 4.78 is 15.7. The molecular formula is C12H17NOS. The molecule has 0 fully saturated rings. The summed E-state index contributed by atoms with van der Waals surface area (Å²) in [6.45, 7) is 7.65. The highest BCUT2D eigenvalue weighted by Gasteiger charge is 2.26. The number of nitrogens with zero attached hydrogens (tertiary/aromatic N) is 1. The molecule has 1 rings (SSSR count). The fourth-order valence-electron chi connectivity index (χ4n) is 0.993. The minimum absolute atomic E-state index is 0.296. The lowest BCUT2D eigenvalue weighted by molar-refractivity contribution is 0.561. The van der Waals surface area contributed by atoms with Crippen molar-refractivity contribution < 1.29 is 4.55 Å². The summed E-state index contributed by atoms with van der Waals surface area (Å²) in [7, 11) is 0. The predicted octanol–water partition coefficient (Wildman–Crippen LogP) is 2.96. The van der Waals surface area contributed by atoms with Crippen LogP contribution in [0.2, 0.25) is 0 Å². The molecule has 0 saturated heterocycles. The molecule has 0 amide bonds. The smallest absolute Gasteiger partial charge is 0.144 e. The van der Waals surface area contributed by atoms with Gasteiger partial charge in [0.25, 0.3) is 0 Å². The van der Waals surface area contributed by atoms with E-state index in [2.05, 4.69) is 4.40 Å². The van der Waals surface area contributed by atoms with Crippen molar-refractivity contribution in [3.8, 4) is 0 Å². The van der Waals surface area contributed by atoms with E-state index in [1.807, 2.05) is 58.0 Å². The Balaban J connectivity index is 2.86. The van der Waals surface area contributed by atoms with Crippen molar-refractivity contribution in [1.29, 1.82) is 0 Å². The lowest BCUT2D eigenvalue weighted by Crippen LogP contribution is -2.26. The van der Waals surface area contributed by atoms with Crippen molar-refractivity contribution >= 4 is 17.1 Å². The Kier molecular flexibility index (Phi) is 3.94. The second-order valence-corrected chi connectivity index (χ2v) is 6.31. The highest BCUT2D eigenvalue weighted by molar-refractivity contribution is 7.91. The molecule has 0 aliphatic heterocycles. The number of rotatable bonds is 2. The average molecular weight is 223 g/mol. The first-order valence-corrected chi connectivity index (χ1v) is 6.04. The van der Waals surface area contributed by atoms with Gasteiger partial charge in [0.1, 0.15) is 16.1 Å². The fourth-order valence-corrected chi connectivity index (χ4v) is 1.62. The number of hydrogen-bond donors (Lipinski definition) is 0. The largest absolute Gasteiger partial charge is 0.591 e. The summed E-state index contributed by atoms with van der Waals surface area (Å²) >= 11 is -1.18. The molecule has 0 heterocycles. The summed E-state index contributed by atoms with van der Waals surface area (Å²) in [4.78, 5) is 0. The van der Waals surface area contributed by atoms with Gasteiger partial charge < -0.3 is 4.55 Å². The van der Waals surface area contributed by atoms with Crippen molar-refractivity contribution in [2.24, 2.45) is 4.40 Å². The molecule has 82 valence electrons. The molecule has 0 aliphatic rings. The maximum absolute atomic E-state index is 11.8. The van der Waals surface area contributed by atoms with E-state index < -0.39 is 11.4 Å². The van der Waals surface area contributed by atoms with Gasteiger partial charge in [-0.15, -0.1) is 0 Å². The van der Waals surface area contributed by atoms with Crippen LogP contribution in [0.4, 0.5) is 0 Å². The minimum atomic E-state index is -1.18. The van der Waals surface area contributed by atoms with Crippen LogP contribution in [-0.2, 0) is 11.4 Å². The molecule has 1 unspecified atom stereocenters. The summed E-state index contributed by atoms with van der Waals surface area (Å²) in [6, 6.07) is 9.80. The summed E-state index contributed by atoms with van der Waals surface area (Å²) in [5, 5.41) is 0. The molecule has 2 nitrogen and oxygen atoms in total. The molecule has 0 bridgehead atoms. The Hall–Kier alpha value is -0.800. The maximum atomic E-state index is 11.8. The topological polar surface area (TPSA) is 35.4 Å². The van der Waals surface area contributed by atoms with E-state index in [1.54, 1.807) is 0 Å². The number of benzene rings is 1. The van der Waals surface area contributed by atoms with Crippen molar-refractivity contribution in [3.63, 3.8) is 0 Å². The zero-order chi connectivity index (χ0) is 11.5. The summed E-state index contributed by atoms with van der Waals surface area (Å²) in [6.07, 6.45) is 0. The minimum Gasteiger partial charge on any atom is -0.591 e. The lowest BCUT2D eigenvalue weighted by atomic mass is 10.1. The van der Waals surface area contributed by atoms with Crippen molar-refractivity contribution in [3.05, 3.63) is 35.9 Å². The Morgan fingerprint density at radius 3 is 2.20 bits per heavy atom. The van der Waals surface area contributed by atoms with Crippen LogP contribution in [0.25, 0.3) is 0 Å². The van der Waals surface area contributed by atoms with Crippen LogP contribution in [0.5, 0.6) is 0 Å². The van der Waals surface area contributed by atoms with Gasteiger partial charge in [-0.2, -0.15) is 0 Å².